The molecule has 1 heterocycles. The van der Waals surface area contributed by atoms with Gasteiger partial charge in [0.05, 0.1) is 0 Å². The average molecular weight is 252 g/mol. The number of hydrogen-bond donors (Lipinski definition) is 1. The molecule has 16 heavy (non-hydrogen) atoms. The van der Waals surface area contributed by atoms with Crippen LogP contribution >= 0.6 is 11.6 Å². The largest absolute Gasteiger partial charge is 0.451 e. The monoisotopic (exact) mass is 251 g/mol. The lowest BCUT2D eigenvalue weighted by molar-refractivity contribution is -0.144. The molecule has 0 radical (unpaired) electrons. The molecule has 1 aromatic rings. The number of halogens is 4. The predicted octanol–water partition coefficient (Wildman–Crippen LogP) is 3.11. The van der Waals surface area contributed by atoms with Gasteiger partial charge in [-0.05, 0) is 19.8 Å². The molecule has 0 aromatic carbocycles. The van der Waals surface area contributed by atoms with Crippen molar-refractivity contribution in [3.8, 4) is 0 Å². The van der Waals surface area contributed by atoms with Gasteiger partial charge in [0, 0.05) is 11.6 Å². The zero-order valence-corrected chi connectivity index (χ0v) is 9.15. The molecule has 0 unspecified atom stereocenters. The van der Waals surface area contributed by atoms with Gasteiger partial charge in [-0.25, -0.2) is 9.97 Å². The van der Waals surface area contributed by atoms with E-state index < -0.39 is 12.0 Å². The van der Waals surface area contributed by atoms with E-state index >= 15 is 0 Å². The van der Waals surface area contributed by atoms with Crippen LogP contribution in [0.4, 0.5) is 19.0 Å². The minimum Gasteiger partial charge on any atom is -0.365 e. The first kappa shape index (κ1) is 11.4. The number of anilines is 1. The van der Waals surface area contributed by atoms with Crippen molar-refractivity contribution in [3.63, 3.8) is 0 Å². The third-order valence-electron chi connectivity index (χ3n) is 2.38. The van der Waals surface area contributed by atoms with E-state index in [1.165, 1.54) is 6.07 Å². The molecule has 0 aliphatic heterocycles. The normalized spacial score (nSPS) is 18.3. The molecule has 2 rings (SSSR count). The fourth-order valence-electron chi connectivity index (χ4n) is 1.23. The summed E-state index contributed by atoms with van der Waals surface area (Å²) in [7, 11) is 0. The third-order valence-corrected chi connectivity index (χ3v) is 2.57. The summed E-state index contributed by atoms with van der Waals surface area (Å²) in [6.07, 6.45) is -2.75. The molecular weight excluding hydrogens is 243 g/mol. The van der Waals surface area contributed by atoms with Gasteiger partial charge in [0.15, 0.2) is 0 Å². The number of hydrogen-bond acceptors (Lipinski definition) is 3. The molecule has 1 saturated carbocycles. The summed E-state index contributed by atoms with van der Waals surface area (Å²) < 4.78 is 37.2. The Morgan fingerprint density at radius 2 is 2.00 bits per heavy atom. The number of rotatable bonds is 2. The van der Waals surface area contributed by atoms with E-state index in [4.69, 9.17) is 11.6 Å². The maximum atomic E-state index is 12.4. The topological polar surface area (TPSA) is 37.8 Å². The van der Waals surface area contributed by atoms with Crippen LogP contribution in [0.25, 0.3) is 0 Å². The summed E-state index contributed by atoms with van der Waals surface area (Å²) in [5, 5.41) is 2.70. The van der Waals surface area contributed by atoms with Crippen LogP contribution in [0, 0.1) is 0 Å². The van der Waals surface area contributed by atoms with Gasteiger partial charge in [-0.15, -0.1) is 0 Å². The molecule has 1 aromatic heterocycles. The number of nitrogens with one attached hydrogen (secondary N) is 1. The Morgan fingerprint density at radius 1 is 1.38 bits per heavy atom. The minimum absolute atomic E-state index is 0.118. The second kappa shape index (κ2) is 3.48. The summed E-state index contributed by atoms with van der Waals surface area (Å²) in [5.41, 5.74) is -0.152. The molecule has 1 fully saturated rings. The van der Waals surface area contributed by atoms with Crippen LogP contribution in [0.3, 0.4) is 0 Å². The molecular formula is C9H9ClF3N3. The van der Waals surface area contributed by atoms with Gasteiger partial charge in [-0.3, -0.25) is 0 Å². The lowest BCUT2D eigenvalue weighted by Gasteiger charge is -2.13. The van der Waals surface area contributed by atoms with Crippen molar-refractivity contribution >= 4 is 17.4 Å². The minimum atomic E-state index is -4.58. The van der Waals surface area contributed by atoms with Gasteiger partial charge in [-0.1, -0.05) is 11.6 Å². The first-order valence-electron chi connectivity index (χ1n) is 4.68. The van der Waals surface area contributed by atoms with Crippen molar-refractivity contribution in [2.45, 2.75) is 31.5 Å². The quantitative estimate of drug-likeness (QED) is 0.821. The fourth-order valence-corrected chi connectivity index (χ4v) is 1.41. The Labute approximate surface area is 95.0 Å². The van der Waals surface area contributed by atoms with Gasteiger partial charge >= 0.3 is 6.18 Å². The molecule has 0 saturated heterocycles. The molecule has 0 atom stereocenters. The van der Waals surface area contributed by atoms with Crippen molar-refractivity contribution in [2.24, 2.45) is 0 Å². The van der Waals surface area contributed by atoms with Crippen molar-refractivity contribution in [3.05, 3.63) is 17.0 Å². The summed E-state index contributed by atoms with van der Waals surface area (Å²) in [4.78, 5) is 6.54. The second-order valence-electron chi connectivity index (χ2n) is 4.08. The molecule has 88 valence electrons. The van der Waals surface area contributed by atoms with Crippen molar-refractivity contribution in [1.82, 2.24) is 9.97 Å². The van der Waals surface area contributed by atoms with Crippen molar-refractivity contribution < 1.29 is 13.2 Å². The van der Waals surface area contributed by atoms with Gasteiger partial charge in [0.25, 0.3) is 0 Å². The standard InChI is InChI=1S/C9H9ClF3N3/c1-8(2-3-8)16-6-4-5(10)14-7(15-6)9(11,12)13/h4H,2-3H2,1H3,(H,14,15,16). The van der Waals surface area contributed by atoms with E-state index in [9.17, 15) is 13.2 Å². The number of alkyl halides is 3. The lowest BCUT2D eigenvalue weighted by Crippen LogP contribution is -2.19. The number of nitrogens with zero attached hydrogens (tertiary/aromatic N) is 2. The van der Waals surface area contributed by atoms with E-state index in [0.29, 0.717) is 0 Å². The first-order valence-corrected chi connectivity index (χ1v) is 5.06. The lowest BCUT2D eigenvalue weighted by atomic mass is 10.3. The van der Waals surface area contributed by atoms with E-state index in [1.54, 1.807) is 0 Å². The van der Waals surface area contributed by atoms with Crippen LogP contribution in [-0.2, 0) is 6.18 Å². The maximum absolute atomic E-state index is 12.4. The molecule has 0 amide bonds. The molecule has 7 heteroatoms. The number of aromatic nitrogens is 2. The van der Waals surface area contributed by atoms with E-state index in [2.05, 4.69) is 15.3 Å². The fraction of sp³-hybridized carbons (Fsp3) is 0.556. The van der Waals surface area contributed by atoms with Gasteiger partial charge in [0.1, 0.15) is 11.0 Å². The third kappa shape index (κ3) is 2.55. The first-order chi connectivity index (χ1) is 7.28. The van der Waals surface area contributed by atoms with Crippen LogP contribution in [0.2, 0.25) is 5.15 Å². The van der Waals surface area contributed by atoms with Crippen LogP contribution in [-0.4, -0.2) is 15.5 Å². The predicted molar refractivity (Wildman–Crippen MR) is 53.3 cm³/mol. The van der Waals surface area contributed by atoms with Crippen LogP contribution < -0.4 is 5.32 Å². The maximum Gasteiger partial charge on any atom is 0.451 e. The molecule has 0 spiro atoms. The highest BCUT2D eigenvalue weighted by molar-refractivity contribution is 6.29. The molecule has 1 aliphatic rings. The molecule has 1 N–H and O–H groups in total. The summed E-state index contributed by atoms with van der Waals surface area (Å²) in [5.74, 6) is -1.10. The summed E-state index contributed by atoms with van der Waals surface area (Å²) in [6, 6.07) is 1.29. The Hall–Kier alpha value is -1.04. The smallest absolute Gasteiger partial charge is 0.365 e. The van der Waals surface area contributed by atoms with Crippen LogP contribution in [0.15, 0.2) is 6.07 Å². The summed E-state index contributed by atoms with van der Waals surface area (Å²) in [6.45, 7) is 1.91. The molecule has 1 aliphatic carbocycles. The van der Waals surface area contributed by atoms with Crippen molar-refractivity contribution in [2.75, 3.05) is 5.32 Å². The van der Waals surface area contributed by atoms with E-state index in [-0.39, 0.29) is 16.5 Å². The van der Waals surface area contributed by atoms with E-state index in [1.807, 2.05) is 6.92 Å². The van der Waals surface area contributed by atoms with Crippen LogP contribution in [0.5, 0.6) is 0 Å². The Morgan fingerprint density at radius 3 is 2.50 bits per heavy atom. The van der Waals surface area contributed by atoms with E-state index in [0.717, 1.165) is 12.8 Å². The SMILES string of the molecule is CC1(Nc2cc(Cl)nc(C(F)(F)F)n2)CC1. The zero-order valence-electron chi connectivity index (χ0n) is 8.40. The Bertz CT molecular complexity index is 415. The highest BCUT2D eigenvalue weighted by Gasteiger charge is 2.39. The Kier molecular flexibility index (Phi) is 2.49. The van der Waals surface area contributed by atoms with Gasteiger partial charge in [0.2, 0.25) is 5.82 Å². The van der Waals surface area contributed by atoms with Gasteiger partial charge < -0.3 is 5.32 Å². The van der Waals surface area contributed by atoms with Crippen LogP contribution in [0.1, 0.15) is 25.6 Å². The van der Waals surface area contributed by atoms with Crippen molar-refractivity contribution in [1.29, 1.82) is 0 Å². The molecule has 0 bridgehead atoms. The zero-order chi connectivity index (χ0) is 12.0. The highest BCUT2D eigenvalue weighted by Crippen LogP contribution is 2.38. The summed E-state index contributed by atoms with van der Waals surface area (Å²) >= 11 is 5.51. The average Bonchev–Trinajstić information content (AvgIpc) is 2.80. The Balaban J connectivity index is 2.29. The molecule has 3 nitrogen and oxygen atoms in total. The highest BCUT2D eigenvalue weighted by atomic mass is 35.5. The second-order valence-corrected chi connectivity index (χ2v) is 4.47. The van der Waals surface area contributed by atoms with Gasteiger partial charge in [-0.2, -0.15) is 13.2 Å².